The lowest BCUT2D eigenvalue weighted by Crippen LogP contribution is -2.46. The van der Waals surface area contributed by atoms with Crippen LogP contribution in [0.25, 0.3) is 0 Å². The maximum atomic E-state index is 12.3. The van der Waals surface area contributed by atoms with Crippen molar-refractivity contribution in [2.45, 2.75) is 30.2 Å². The number of nitriles is 1. The number of carbonyl (C=O) groups is 1. The Hall–Kier alpha value is -1.43. The van der Waals surface area contributed by atoms with Crippen LogP contribution in [0, 0.1) is 11.3 Å². The number of hydrogen-bond acceptors (Lipinski definition) is 4. The molecule has 1 aromatic rings. The van der Waals surface area contributed by atoms with E-state index in [1.54, 1.807) is 17.0 Å². The average Bonchev–Trinajstić information content (AvgIpc) is 2.48. The molecular formula is C14H16BrN3O3S. The normalized spacial score (nSPS) is 16.3. The van der Waals surface area contributed by atoms with Gasteiger partial charge in [0, 0.05) is 23.6 Å². The van der Waals surface area contributed by atoms with Gasteiger partial charge < -0.3 is 4.90 Å². The first-order valence-corrected chi connectivity index (χ1v) is 9.12. The van der Waals surface area contributed by atoms with Crippen molar-refractivity contribution >= 4 is 31.9 Å². The molecule has 0 saturated carbocycles. The number of likely N-dealkylation sites (tertiary alicyclic amines) is 1. The van der Waals surface area contributed by atoms with Crippen LogP contribution in [0.2, 0.25) is 0 Å². The van der Waals surface area contributed by atoms with E-state index in [0.717, 1.165) is 4.47 Å². The molecule has 1 aliphatic heterocycles. The molecule has 0 atom stereocenters. The maximum Gasteiger partial charge on any atom is 0.240 e. The number of hydrogen-bond donors (Lipinski definition) is 1. The average molecular weight is 386 g/mol. The number of sulfonamides is 1. The lowest BCUT2D eigenvalue weighted by atomic mass is 10.1. The highest BCUT2D eigenvalue weighted by Crippen LogP contribution is 2.17. The minimum Gasteiger partial charge on any atom is -0.342 e. The Morgan fingerprint density at radius 2 is 1.91 bits per heavy atom. The number of amides is 1. The Bertz CT molecular complexity index is 674. The molecule has 0 radical (unpaired) electrons. The zero-order valence-corrected chi connectivity index (χ0v) is 14.2. The summed E-state index contributed by atoms with van der Waals surface area (Å²) in [5.41, 5.74) is 0. The topological polar surface area (TPSA) is 90.3 Å². The number of nitrogens with one attached hydrogen (secondary N) is 1. The minimum atomic E-state index is -3.55. The third-order valence-corrected chi connectivity index (χ3v) is 5.59. The molecule has 1 N–H and O–H groups in total. The summed E-state index contributed by atoms with van der Waals surface area (Å²) in [6.45, 7) is 0.933. The smallest absolute Gasteiger partial charge is 0.240 e. The van der Waals surface area contributed by atoms with Gasteiger partial charge in [0.15, 0.2) is 0 Å². The fourth-order valence-corrected chi connectivity index (χ4v) is 3.90. The second-order valence-corrected chi connectivity index (χ2v) is 7.69. The second-order valence-electron chi connectivity index (χ2n) is 5.07. The van der Waals surface area contributed by atoms with Crippen molar-refractivity contribution in [2.24, 2.45) is 0 Å². The van der Waals surface area contributed by atoms with Crippen LogP contribution in [0.1, 0.15) is 19.3 Å². The van der Waals surface area contributed by atoms with Gasteiger partial charge in [-0.05, 0) is 37.1 Å². The molecule has 1 fully saturated rings. The highest BCUT2D eigenvalue weighted by molar-refractivity contribution is 9.10. The summed E-state index contributed by atoms with van der Waals surface area (Å²) < 4.78 is 28.1. The number of carbonyl (C=O) groups excluding carboxylic acids is 1. The molecule has 22 heavy (non-hydrogen) atoms. The van der Waals surface area contributed by atoms with E-state index in [1.807, 2.05) is 6.07 Å². The standard InChI is InChI=1S/C14H16BrN3O3S/c15-11-1-3-13(4-2-11)22(20,21)17-12-6-9-18(10-7-12)14(19)5-8-16/h1-4,12,17H,5-7,9-10H2. The van der Waals surface area contributed by atoms with Crippen molar-refractivity contribution in [3.63, 3.8) is 0 Å². The fourth-order valence-electron chi connectivity index (χ4n) is 2.33. The summed E-state index contributed by atoms with van der Waals surface area (Å²) in [5.74, 6) is -0.197. The van der Waals surface area contributed by atoms with Gasteiger partial charge in [0.1, 0.15) is 6.42 Å². The zero-order valence-electron chi connectivity index (χ0n) is 11.8. The molecular weight excluding hydrogens is 370 g/mol. The van der Waals surface area contributed by atoms with Crippen LogP contribution in [0.15, 0.2) is 33.6 Å². The molecule has 1 aliphatic rings. The van der Waals surface area contributed by atoms with Crippen LogP contribution in [0.5, 0.6) is 0 Å². The molecule has 6 nitrogen and oxygen atoms in total. The SMILES string of the molecule is N#CCC(=O)N1CCC(NS(=O)(=O)c2ccc(Br)cc2)CC1. The molecule has 0 bridgehead atoms. The molecule has 0 aromatic heterocycles. The number of halogens is 1. The van der Waals surface area contributed by atoms with Gasteiger partial charge in [0.25, 0.3) is 0 Å². The van der Waals surface area contributed by atoms with Crippen LogP contribution in [-0.4, -0.2) is 38.4 Å². The van der Waals surface area contributed by atoms with E-state index in [1.165, 1.54) is 12.1 Å². The molecule has 2 rings (SSSR count). The van der Waals surface area contributed by atoms with E-state index in [0.29, 0.717) is 25.9 Å². The van der Waals surface area contributed by atoms with Crippen molar-refractivity contribution < 1.29 is 13.2 Å². The van der Waals surface area contributed by atoms with E-state index < -0.39 is 10.0 Å². The molecule has 0 spiro atoms. The van der Waals surface area contributed by atoms with Crippen molar-refractivity contribution in [2.75, 3.05) is 13.1 Å². The Morgan fingerprint density at radius 3 is 2.45 bits per heavy atom. The van der Waals surface area contributed by atoms with E-state index in [4.69, 9.17) is 5.26 Å². The van der Waals surface area contributed by atoms with Gasteiger partial charge >= 0.3 is 0 Å². The highest BCUT2D eigenvalue weighted by Gasteiger charge is 2.26. The van der Waals surface area contributed by atoms with Crippen molar-refractivity contribution in [3.05, 3.63) is 28.7 Å². The van der Waals surface area contributed by atoms with Crippen molar-refractivity contribution in [3.8, 4) is 6.07 Å². The van der Waals surface area contributed by atoms with Gasteiger partial charge in [0.05, 0.1) is 11.0 Å². The number of piperidine rings is 1. The van der Waals surface area contributed by atoms with E-state index in [2.05, 4.69) is 20.7 Å². The molecule has 1 aromatic carbocycles. The molecule has 0 aliphatic carbocycles. The maximum absolute atomic E-state index is 12.3. The Kier molecular flexibility index (Phi) is 5.56. The molecule has 118 valence electrons. The quantitative estimate of drug-likeness (QED) is 0.852. The van der Waals surface area contributed by atoms with Gasteiger partial charge in [-0.25, -0.2) is 13.1 Å². The summed E-state index contributed by atoms with van der Waals surface area (Å²) in [6.07, 6.45) is 0.967. The highest BCUT2D eigenvalue weighted by atomic mass is 79.9. The van der Waals surface area contributed by atoms with Gasteiger partial charge in [-0.2, -0.15) is 5.26 Å². The van der Waals surface area contributed by atoms with Crippen LogP contribution in [0.4, 0.5) is 0 Å². The van der Waals surface area contributed by atoms with E-state index >= 15 is 0 Å². The minimum absolute atomic E-state index is 0.130. The lowest BCUT2D eigenvalue weighted by Gasteiger charge is -2.31. The predicted molar refractivity (Wildman–Crippen MR) is 84.3 cm³/mol. The third kappa shape index (κ3) is 4.29. The Labute approximate surface area is 138 Å². The van der Waals surface area contributed by atoms with Crippen molar-refractivity contribution in [1.82, 2.24) is 9.62 Å². The van der Waals surface area contributed by atoms with Gasteiger partial charge in [-0.15, -0.1) is 0 Å². The van der Waals surface area contributed by atoms with Gasteiger partial charge in [-0.3, -0.25) is 4.79 Å². The van der Waals surface area contributed by atoms with Crippen LogP contribution >= 0.6 is 15.9 Å². The predicted octanol–water partition coefficient (Wildman–Crippen LogP) is 1.63. The third-order valence-electron chi connectivity index (χ3n) is 3.52. The summed E-state index contributed by atoms with van der Waals surface area (Å²) in [4.78, 5) is 13.4. The van der Waals surface area contributed by atoms with E-state index in [-0.39, 0.29) is 23.3 Å². The Balaban J connectivity index is 1.94. The monoisotopic (exact) mass is 385 g/mol. The zero-order chi connectivity index (χ0) is 16.2. The number of nitrogens with zero attached hydrogens (tertiary/aromatic N) is 2. The first-order valence-electron chi connectivity index (χ1n) is 6.85. The second kappa shape index (κ2) is 7.22. The number of rotatable bonds is 4. The molecule has 1 saturated heterocycles. The first kappa shape index (κ1) is 16.9. The summed E-state index contributed by atoms with van der Waals surface area (Å²) >= 11 is 3.27. The van der Waals surface area contributed by atoms with Crippen molar-refractivity contribution in [1.29, 1.82) is 5.26 Å². The van der Waals surface area contributed by atoms with E-state index in [9.17, 15) is 13.2 Å². The Morgan fingerprint density at radius 1 is 1.32 bits per heavy atom. The molecule has 0 unspecified atom stereocenters. The lowest BCUT2D eigenvalue weighted by molar-refractivity contribution is -0.131. The first-order chi connectivity index (χ1) is 10.4. The molecule has 1 amide bonds. The van der Waals surface area contributed by atoms with Crippen LogP contribution < -0.4 is 4.72 Å². The summed E-state index contributed by atoms with van der Waals surface area (Å²) in [6, 6.07) is 8.08. The van der Waals surface area contributed by atoms with Gasteiger partial charge in [0.2, 0.25) is 15.9 Å². The van der Waals surface area contributed by atoms with Gasteiger partial charge in [-0.1, -0.05) is 15.9 Å². The molecule has 1 heterocycles. The number of benzene rings is 1. The largest absolute Gasteiger partial charge is 0.342 e. The molecule has 8 heteroatoms. The van der Waals surface area contributed by atoms with Crippen LogP contribution in [-0.2, 0) is 14.8 Å². The summed E-state index contributed by atoms with van der Waals surface area (Å²) in [5, 5.41) is 8.53. The fraction of sp³-hybridized carbons (Fsp3) is 0.429. The van der Waals surface area contributed by atoms with Crippen LogP contribution in [0.3, 0.4) is 0 Å². The summed E-state index contributed by atoms with van der Waals surface area (Å²) in [7, 11) is -3.55.